The highest BCUT2D eigenvalue weighted by atomic mass is 32.1. The summed E-state index contributed by atoms with van der Waals surface area (Å²) in [6.45, 7) is 5.89. The van der Waals surface area contributed by atoms with Gasteiger partial charge in [0.15, 0.2) is 0 Å². The minimum Gasteiger partial charge on any atom is -0.507 e. The van der Waals surface area contributed by atoms with E-state index in [1.165, 1.54) is 0 Å². The lowest BCUT2D eigenvalue weighted by molar-refractivity contribution is -0.384. The third kappa shape index (κ3) is 4.82. The highest BCUT2D eigenvalue weighted by Crippen LogP contribution is 2.32. The smallest absolute Gasteiger partial charge is 0.341 e. The summed E-state index contributed by atoms with van der Waals surface area (Å²) < 4.78 is 5.09. The van der Waals surface area contributed by atoms with E-state index in [0.717, 1.165) is 35.1 Å². The van der Waals surface area contributed by atoms with E-state index in [2.05, 4.69) is 5.32 Å². The van der Waals surface area contributed by atoms with Crippen LogP contribution in [0.5, 0.6) is 5.75 Å². The second-order valence-corrected chi connectivity index (χ2v) is 7.08. The van der Waals surface area contributed by atoms with Crippen LogP contribution in [0.25, 0.3) is 0 Å². The molecule has 0 radical (unpaired) electrons. The van der Waals surface area contributed by atoms with Gasteiger partial charge in [-0.05, 0) is 36.3 Å². The average molecular weight is 392 g/mol. The highest BCUT2D eigenvalue weighted by molar-refractivity contribution is 7.15. The van der Waals surface area contributed by atoms with Crippen LogP contribution in [0.1, 0.15) is 47.1 Å². The number of thiophene rings is 1. The van der Waals surface area contributed by atoms with Crippen LogP contribution >= 0.6 is 11.3 Å². The fourth-order valence-corrected chi connectivity index (χ4v) is 3.45. The first-order chi connectivity index (χ1) is 12.7. The molecule has 1 heterocycles. The van der Waals surface area contributed by atoms with Crippen LogP contribution < -0.4 is 5.32 Å². The number of nitro benzene ring substituents is 1. The second-order valence-electron chi connectivity index (χ2n) is 6.20. The van der Waals surface area contributed by atoms with Gasteiger partial charge in [-0.1, -0.05) is 13.8 Å². The van der Waals surface area contributed by atoms with Crippen LogP contribution in [0.4, 0.5) is 10.7 Å². The van der Waals surface area contributed by atoms with Crippen LogP contribution in [-0.4, -0.2) is 28.5 Å². The summed E-state index contributed by atoms with van der Waals surface area (Å²) in [7, 11) is 0. The van der Waals surface area contributed by atoms with E-state index in [0.29, 0.717) is 6.42 Å². The molecule has 0 unspecified atom stereocenters. The quantitative estimate of drug-likeness (QED) is 0.418. The molecule has 0 aliphatic carbocycles. The Morgan fingerprint density at radius 2 is 2.07 bits per heavy atom. The van der Waals surface area contributed by atoms with Crippen molar-refractivity contribution in [1.29, 1.82) is 0 Å². The normalized spacial score (nSPS) is 10.7. The third-order valence-corrected chi connectivity index (χ3v) is 4.58. The monoisotopic (exact) mass is 392 g/mol. The van der Waals surface area contributed by atoms with Crippen molar-refractivity contribution < 1.29 is 24.4 Å². The summed E-state index contributed by atoms with van der Waals surface area (Å²) in [4.78, 5) is 35.1. The van der Waals surface area contributed by atoms with Crippen molar-refractivity contribution >= 4 is 33.9 Å². The maximum atomic E-state index is 12.5. The molecule has 0 bridgehead atoms. The molecule has 1 aromatic carbocycles. The number of nitro groups is 1. The first-order valence-corrected chi connectivity index (χ1v) is 9.18. The fraction of sp³-hybridized carbons (Fsp3) is 0.333. The Morgan fingerprint density at radius 1 is 1.37 bits per heavy atom. The Kier molecular flexibility index (Phi) is 6.51. The lowest BCUT2D eigenvalue weighted by atomic mass is 10.0. The fourth-order valence-electron chi connectivity index (χ4n) is 2.49. The van der Waals surface area contributed by atoms with Gasteiger partial charge in [-0.25, -0.2) is 4.79 Å². The van der Waals surface area contributed by atoms with Crippen molar-refractivity contribution in [3.8, 4) is 5.75 Å². The van der Waals surface area contributed by atoms with Gasteiger partial charge in [0.25, 0.3) is 11.6 Å². The third-order valence-electron chi connectivity index (χ3n) is 3.64. The number of carbonyl (C=O) groups excluding carboxylic acids is 2. The van der Waals surface area contributed by atoms with E-state index in [9.17, 15) is 24.8 Å². The van der Waals surface area contributed by atoms with Gasteiger partial charge in [-0.2, -0.15) is 0 Å². The van der Waals surface area contributed by atoms with Gasteiger partial charge in [0.1, 0.15) is 10.8 Å². The van der Waals surface area contributed by atoms with Gasteiger partial charge >= 0.3 is 5.97 Å². The number of phenolic OH excluding ortho intramolecular Hbond substituents is 1. The molecule has 2 N–H and O–H groups in total. The number of phenols is 1. The van der Waals surface area contributed by atoms with Crippen molar-refractivity contribution in [2.24, 2.45) is 5.92 Å². The average Bonchev–Trinajstić information content (AvgIpc) is 2.96. The summed E-state index contributed by atoms with van der Waals surface area (Å²) in [5.41, 5.74) is 0.453. The maximum Gasteiger partial charge on any atom is 0.341 e. The Bertz CT molecular complexity index is 875. The molecule has 144 valence electrons. The molecule has 9 heteroatoms. The summed E-state index contributed by atoms with van der Waals surface area (Å²) in [5.74, 6) is -1.40. The van der Waals surface area contributed by atoms with Crippen LogP contribution in [-0.2, 0) is 11.2 Å². The molecule has 0 aliphatic heterocycles. The number of rotatable bonds is 7. The Morgan fingerprint density at radius 3 is 2.67 bits per heavy atom. The standard InChI is InChI=1S/C18H20N2O6S/c1-4-26-18(23)15-11(7-10(2)3)9-27-17(15)19-16(22)13-8-12(20(24)25)5-6-14(13)21/h5-6,8-10,21H,4,7H2,1-3H3,(H,19,22). The lowest BCUT2D eigenvalue weighted by Gasteiger charge is -2.10. The van der Waals surface area contributed by atoms with Crippen molar-refractivity contribution in [3.05, 3.63) is 50.4 Å². The van der Waals surface area contributed by atoms with Gasteiger partial charge in [0.05, 0.1) is 22.7 Å². The van der Waals surface area contributed by atoms with Gasteiger partial charge in [-0.3, -0.25) is 14.9 Å². The minimum atomic E-state index is -0.750. The number of carbonyl (C=O) groups is 2. The predicted octanol–water partition coefficient (Wildman–Crippen LogP) is 3.99. The van der Waals surface area contributed by atoms with E-state index in [1.54, 1.807) is 12.3 Å². The van der Waals surface area contributed by atoms with Crippen LogP contribution in [0.15, 0.2) is 23.6 Å². The molecule has 2 aromatic rings. The minimum absolute atomic E-state index is 0.189. The van der Waals surface area contributed by atoms with Crippen LogP contribution in [0, 0.1) is 16.0 Å². The number of esters is 1. The molecular weight excluding hydrogens is 372 g/mol. The van der Waals surface area contributed by atoms with E-state index < -0.39 is 22.5 Å². The molecule has 27 heavy (non-hydrogen) atoms. The first kappa shape index (κ1) is 20.4. The largest absolute Gasteiger partial charge is 0.507 e. The van der Waals surface area contributed by atoms with Gasteiger partial charge in [-0.15, -0.1) is 11.3 Å². The number of amides is 1. The summed E-state index contributed by atoms with van der Waals surface area (Å²) in [6.07, 6.45) is 0.628. The molecule has 0 saturated heterocycles. The topological polar surface area (TPSA) is 119 Å². The number of aromatic hydroxyl groups is 1. The van der Waals surface area contributed by atoms with Crippen molar-refractivity contribution in [1.82, 2.24) is 0 Å². The molecule has 1 aromatic heterocycles. The van der Waals surface area contributed by atoms with Crippen molar-refractivity contribution in [3.63, 3.8) is 0 Å². The first-order valence-electron chi connectivity index (χ1n) is 8.30. The number of hydrogen-bond acceptors (Lipinski definition) is 7. The lowest BCUT2D eigenvalue weighted by Crippen LogP contribution is -2.16. The zero-order valence-corrected chi connectivity index (χ0v) is 16.0. The van der Waals surface area contributed by atoms with E-state index >= 15 is 0 Å². The maximum absolute atomic E-state index is 12.5. The predicted molar refractivity (Wildman–Crippen MR) is 102 cm³/mol. The molecule has 2 rings (SSSR count). The summed E-state index contributed by atoms with van der Waals surface area (Å²) in [5, 5.41) is 25.4. The zero-order chi connectivity index (χ0) is 20.1. The molecule has 0 saturated carbocycles. The molecule has 1 amide bonds. The second kappa shape index (κ2) is 8.63. The molecule has 0 aliphatic rings. The van der Waals surface area contributed by atoms with E-state index in [1.807, 2.05) is 13.8 Å². The van der Waals surface area contributed by atoms with Gasteiger partial charge < -0.3 is 15.2 Å². The van der Waals surface area contributed by atoms with Gasteiger partial charge in [0.2, 0.25) is 0 Å². The van der Waals surface area contributed by atoms with Crippen LogP contribution in [0.2, 0.25) is 0 Å². The molecule has 0 atom stereocenters. The summed E-state index contributed by atoms with van der Waals surface area (Å²) in [6, 6.07) is 3.16. The Hall–Kier alpha value is -2.94. The summed E-state index contributed by atoms with van der Waals surface area (Å²) >= 11 is 1.16. The molecule has 0 spiro atoms. The van der Waals surface area contributed by atoms with Crippen molar-refractivity contribution in [2.75, 3.05) is 11.9 Å². The van der Waals surface area contributed by atoms with Crippen LogP contribution in [0.3, 0.4) is 0 Å². The number of anilines is 1. The Labute approximate surface area is 159 Å². The van der Waals surface area contributed by atoms with Gasteiger partial charge in [0, 0.05) is 12.1 Å². The van der Waals surface area contributed by atoms with Crippen molar-refractivity contribution in [2.45, 2.75) is 27.2 Å². The molecular formula is C18H20N2O6S. The molecule has 0 fully saturated rings. The highest BCUT2D eigenvalue weighted by Gasteiger charge is 2.24. The van der Waals surface area contributed by atoms with E-state index in [4.69, 9.17) is 4.74 Å². The molecule has 8 nitrogen and oxygen atoms in total. The SMILES string of the molecule is CCOC(=O)c1c(CC(C)C)csc1NC(=O)c1cc([N+](=O)[O-])ccc1O. The number of non-ortho nitro benzene ring substituents is 1. The number of ether oxygens (including phenoxy) is 1. The number of hydrogen-bond donors (Lipinski definition) is 2. The number of nitrogens with zero attached hydrogens (tertiary/aromatic N) is 1. The number of nitrogens with one attached hydrogen (secondary N) is 1. The number of benzene rings is 1. The zero-order valence-electron chi connectivity index (χ0n) is 15.1. The Balaban J connectivity index is 2.38. The van der Waals surface area contributed by atoms with E-state index in [-0.39, 0.29) is 34.3 Å².